The summed E-state index contributed by atoms with van der Waals surface area (Å²) in [6, 6.07) is 17.2. The Kier molecular flexibility index (Phi) is 7.34. The van der Waals surface area contributed by atoms with Crippen LogP contribution in [0, 0.1) is 13.8 Å². The van der Waals surface area contributed by atoms with Crippen molar-refractivity contribution >= 4 is 27.7 Å². The van der Waals surface area contributed by atoms with E-state index in [1.807, 2.05) is 6.07 Å². The molecule has 0 fully saturated rings. The molecule has 0 heterocycles. The number of carbonyl (C=O) groups is 2. The lowest BCUT2D eigenvalue weighted by Crippen LogP contribution is -2.21. The Hall–Kier alpha value is -3.85. The summed E-state index contributed by atoms with van der Waals surface area (Å²) in [5.41, 5.74) is 1.99. The van der Waals surface area contributed by atoms with Crippen LogP contribution in [0.1, 0.15) is 21.5 Å². The lowest BCUT2D eigenvalue weighted by molar-refractivity contribution is -0.119. The van der Waals surface area contributed by atoms with Crippen LogP contribution in [0.2, 0.25) is 0 Å². The first-order valence-corrected chi connectivity index (χ1v) is 11.3. The molecule has 3 aromatic carbocycles. The third-order valence-corrected chi connectivity index (χ3v) is 5.99. The molecule has 0 radical (unpaired) electrons. The predicted molar refractivity (Wildman–Crippen MR) is 122 cm³/mol. The number of amides is 1. The van der Waals surface area contributed by atoms with Gasteiger partial charge in [0.2, 0.25) is 0 Å². The van der Waals surface area contributed by atoms with E-state index < -0.39 is 28.6 Å². The molecule has 0 aromatic heterocycles. The molecular weight excluding hydrogens is 446 g/mol. The summed E-state index contributed by atoms with van der Waals surface area (Å²) < 4.78 is 40.5. The number of carbonyl (C=O) groups excluding carboxylic acids is 2. The highest BCUT2D eigenvalue weighted by atomic mass is 32.2. The second-order valence-corrected chi connectivity index (χ2v) is 8.70. The van der Waals surface area contributed by atoms with Crippen LogP contribution >= 0.6 is 0 Å². The number of hydrogen-bond acceptors (Lipinski definition) is 7. The van der Waals surface area contributed by atoms with E-state index in [0.717, 1.165) is 5.56 Å². The molecule has 0 atom stereocenters. The van der Waals surface area contributed by atoms with Gasteiger partial charge in [-0.3, -0.25) is 4.79 Å². The maximum atomic E-state index is 12.6. The molecule has 0 unspecified atom stereocenters. The third-order valence-electron chi connectivity index (χ3n) is 4.60. The normalized spacial score (nSPS) is 10.9. The van der Waals surface area contributed by atoms with Crippen molar-refractivity contribution in [3.63, 3.8) is 0 Å². The molecule has 33 heavy (non-hydrogen) atoms. The van der Waals surface area contributed by atoms with Crippen LogP contribution in [0.5, 0.6) is 11.5 Å². The van der Waals surface area contributed by atoms with Gasteiger partial charge in [0.1, 0.15) is 16.4 Å². The molecule has 1 N–H and O–H groups in total. The molecule has 0 aliphatic heterocycles. The van der Waals surface area contributed by atoms with Gasteiger partial charge in [-0.25, -0.2) is 4.79 Å². The molecule has 0 aliphatic rings. The average molecular weight is 470 g/mol. The molecular formula is C24H23NO7S. The Morgan fingerprint density at radius 3 is 2.33 bits per heavy atom. The maximum Gasteiger partial charge on any atom is 0.339 e. The highest BCUT2D eigenvalue weighted by Gasteiger charge is 2.20. The van der Waals surface area contributed by atoms with Crippen molar-refractivity contribution in [3.8, 4) is 11.5 Å². The molecule has 3 aromatic rings. The van der Waals surface area contributed by atoms with Crippen LogP contribution in [-0.4, -0.2) is 34.0 Å². The highest BCUT2D eigenvalue weighted by molar-refractivity contribution is 7.87. The van der Waals surface area contributed by atoms with Crippen LogP contribution in [0.3, 0.4) is 0 Å². The molecule has 0 saturated heterocycles. The molecule has 0 bridgehead atoms. The molecule has 9 heteroatoms. The quantitative estimate of drug-likeness (QED) is 0.394. The molecule has 8 nitrogen and oxygen atoms in total. The van der Waals surface area contributed by atoms with Gasteiger partial charge in [-0.15, -0.1) is 0 Å². The highest BCUT2D eigenvalue weighted by Crippen LogP contribution is 2.23. The lowest BCUT2D eigenvalue weighted by atomic mass is 10.2. The van der Waals surface area contributed by atoms with Crippen LogP contribution in [0.4, 0.5) is 5.69 Å². The number of rotatable bonds is 8. The van der Waals surface area contributed by atoms with Gasteiger partial charge in [-0.1, -0.05) is 18.2 Å². The van der Waals surface area contributed by atoms with E-state index in [9.17, 15) is 18.0 Å². The van der Waals surface area contributed by atoms with Gasteiger partial charge >= 0.3 is 16.1 Å². The molecule has 3 rings (SSSR count). The van der Waals surface area contributed by atoms with E-state index in [2.05, 4.69) is 5.32 Å². The monoisotopic (exact) mass is 469 g/mol. The lowest BCUT2D eigenvalue weighted by Gasteiger charge is -2.11. The van der Waals surface area contributed by atoms with E-state index in [1.54, 1.807) is 44.2 Å². The summed E-state index contributed by atoms with van der Waals surface area (Å²) >= 11 is 0. The Morgan fingerprint density at radius 1 is 0.909 bits per heavy atom. The fraction of sp³-hybridized carbons (Fsp3) is 0.167. The first-order chi connectivity index (χ1) is 15.7. The number of nitrogens with one attached hydrogen (secondary N) is 1. The zero-order chi connectivity index (χ0) is 24.0. The summed E-state index contributed by atoms with van der Waals surface area (Å²) in [6.07, 6.45) is 0. The van der Waals surface area contributed by atoms with Crippen molar-refractivity contribution in [1.29, 1.82) is 0 Å². The number of benzene rings is 3. The smallest absolute Gasteiger partial charge is 0.339 e. The fourth-order valence-electron chi connectivity index (χ4n) is 2.91. The van der Waals surface area contributed by atoms with Gasteiger partial charge in [0, 0.05) is 11.8 Å². The summed E-state index contributed by atoms with van der Waals surface area (Å²) in [4.78, 5) is 24.3. The zero-order valence-corrected chi connectivity index (χ0v) is 19.1. The summed E-state index contributed by atoms with van der Waals surface area (Å²) in [7, 11) is -2.52. The maximum absolute atomic E-state index is 12.6. The van der Waals surface area contributed by atoms with Crippen molar-refractivity contribution < 1.29 is 31.7 Å². The Labute approximate surface area is 192 Å². The van der Waals surface area contributed by atoms with Gasteiger partial charge in [0.25, 0.3) is 5.91 Å². The molecule has 172 valence electrons. The molecule has 1 amide bonds. The Bertz CT molecular complexity index is 1270. The number of anilines is 1. The zero-order valence-electron chi connectivity index (χ0n) is 18.3. The van der Waals surface area contributed by atoms with Crippen molar-refractivity contribution in [2.75, 3.05) is 19.0 Å². The van der Waals surface area contributed by atoms with Crippen molar-refractivity contribution in [3.05, 3.63) is 83.4 Å². The standard InChI is InChI=1S/C24H23NO7S/c1-16-7-8-17(2)22(13-16)33(28,29)32-20-11-9-18(10-12-20)24(27)31-15-23(26)25-19-5-4-6-21(14-19)30-3/h4-14H,15H2,1-3H3,(H,25,26). The van der Waals surface area contributed by atoms with Crippen LogP contribution in [0.25, 0.3) is 0 Å². The van der Waals surface area contributed by atoms with Crippen molar-refractivity contribution in [2.45, 2.75) is 18.7 Å². The van der Waals surface area contributed by atoms with Gasteiger partial charge in [0.05, 0.1) is 12.7 Å². The van der Waals surface area contributed by atoms with Gasteiger partial charge in [-0.2, -0.15) is 8.42 Å². The van der Waals surface area contributed by atoms with Crippen molar-refractivity contribution in [1.82, 2.24) is 0 Å². The molecule has 0 aliphatic carbocycles. The minimum Gasteiger partial charge on any atom is -0.497 e. The minimum absolute atomic E-state index is 0.0447. The average Bonchev–Trinajstić information content (AvgIpc) is 2.79. The van der Waals surface area contributed by atoms with E-state index in [4.69, 9.17) is 13.7 Å². The van der Waals surface area contributed by atoms with Crippen LogP contribution < -0.4 is 14.2 Å². The van der Waals surface area contributed by atoms with Gasteiger partial charge < -0.3 is 19.0 Å². The largest absolute Gasteiger partial charge is 0.497 e. The van der Waals surface area contributed by atoms with Gasteiger partial charge in [0.15, 0.2) is 6.61 Å². The second kappa shape index (κ2) is 10.2. The minimum atomic E-state index is -4.03. The fourth-order valence-corrected chi connectivity index (χ4v) is 4.15. The SMILES string of the molecule is COc1cccc(NC(=O)COC(=O)c2ccc(OS(=O)(=O)c3cc(C)ccc3C)cc2)c1. The number of esters is 1. The second-order valence-electron chi connectivity index (χ2n) is 7.19. The molecule has 0 saturated carbocycles. The number of aryl methyl sites for hydroxylation is 2. The predicted octanol–water partition coefficient (Wildman–Crippen LogP) is 3.88. The van der Waals surface area contributed by atoms with E-state index in [1.165, 1.54) is 37.4 Å². The Balaban J connectivity index is 1.58. The summed E-state index contributed by atoms with van der Waals surface area (Å²) in [5.74, 6) is -0.634. The topological polar surface area (TPSA) is 108 Å². The number of hydrogen-bond donors (Lipinski definition) is 1. The third kappa shape index (κ3) is 6.33. The summed E-state index contributed by atoms with van der Waals surface area (Å²) in [6.45, 7) is 2.98. The summed E-state index contributed by atoms with van der Waals surface area (Å²) in [5, 5.41) is 2.60. The number of methoxy groups -OCH3 is 1. The van der Waals surface area contributed by atoms with E-state index >= 15 is 0 Å². The van der Waals surface area contributed by atoms with Gasteiger partial charge in [-0.05, 0) is 67.4 Å². The van der Waals surface area contributed by atoms with Crippen LogP contribution in [-0.2, 0) is 19.6 Å². The first kappa shape index (κ1) is 23.8. The first-order valence-electron chi connectivity index (χ1n) is 9.91. The molecule has 0 spiro atoms. The Morgan fingerprint density at radius 2 is 1.64 bits per heavy atom. The van der Waals surface area contributed by atoms with E-state index in [-0.39, 0.29) is 16.2 Å². The van der Waals surface area contributed by atoms with Crippen LogP contribution in [0.15, 0.2) is 71.6 Å². The van der Waals surface area contributed by atoms with Crippen molar-refractivity contribution in [2.24, 2.45) is 0 Å². The number of ether oxygens (including phenoxy) is 2. The van der Waals surface area contributed by atoms with E-state index in [0.29, 0.717) is 17.0 Å².